The first-order chi connectivity index (χ1) is 13.9. The van der Waals surface area contributed by atoms with E-state index in [2.05, 4.69) is 5.43 Å². The van der Waals surface area contributed by atoms with Crippen LogP contribution in [0.2, 0.25) is 0 Å². The van der Waals surface area contributed by atoms with Crippen LogP contribution < -0.4 is 10.4 Å². The van der Waals surface area contributed by atoms with Crippen molar-refractivity contribution in [3.05, 3.63) is 71.4 Å². The van der Waals surface area contributed by atoms with Crippen LogP contribution in [0.15, 0.2) is 60.2 Å². The average Bonchev–Trinajstić information content (AvgIpc) is 3.16. The summed E-state index contributed by atoms with van der Waals surface area (Å²) in [4.78, 5) is 37.0. The van der Waals surface area contributed by atoms with Gasteiger partial charge >= 0.3 is 5.97 Å². The molecule has 3 aromatic rings. The summed E-state index contributed by atoms with van der Waals surface area (Å²) in [5, 5.41) is 11.5. The van der Waals surface area contributed by atoms with E-state index < -0.39 is 23.8 Å². The van der Waals surface area contributed by atoms with Gasteiger partial charge in [0, 0.05) is 22.2 Å². The molecule has 2 amide bonds. The number of nitrogens with one attached hydrogen (secondary N) is 1. The fraction of sp³-hybridized carbons (Fsp3) is 0.136. The second-order valence-electron chi connectivity index (χ2n) is 6.88. The van der Waals surface area contributed by atoms with Crippen molar-refractivity contribution in [1.82, 2.24) is 9.99 Å². The molecule has 1 atom stereocenters. The Morgan fingerprint density at radius 1 is 1.07 bits per heavy atom. The number of anilines is 1. The third-order valence-corrected chi connectivity index (χ3v) is 5.14. The van der Waals surface area contributed by atoms with Crippen molar-refractivity contribution in [2.75, 3.05) is 5.01 Å². The van der Waals surface area contributed by atoms with Crippen molar-refractivity contribution in [2.45, 2.75) is 19.9 Å². The van der Waals surface area contributed by atoms with Gasteiger partial charge in [0.2, 0.25) is 0 Å². The molecule has 0 radical (unpaired) electrons. The molecule has 0 saturated carbocycles. The Morgan fingerprint density at radius 2 is 1.72 bits per heavy atom. The van der Waals surface area contributed by atoms with Gasteiger partial charge in [0.05, 0.1) is 5.69 Å². The van der Waals surface area contributed by atoms with Crippen LogP contribution in [0, 0.1) is 6.92 Å². The van der Waals surface area contributed by atoms with Crippen molar-refractivity contribution in [3.8, 4) is 0 Å². The van der Waals surface area contributed by atoms with Crippen molar-refractivity contribution in [2.24, 2.45) is 0 Å². The second kappa shape index (κ2) is 6.94. The third kappa shape index (κ3) is 2.97. The van der Waals surface area contributed by atoms with Gasteiger partial charge in [-0.25, -0.2) is 9.80 Å². The molecule has 4 rings (SSSR count). The monoisotopic (exact) mass is 389 g/mol. The highest BCUT2D eigenvalue weighted by atomic mass is 16.4. The second-order valence-corrected chi connectivity index (χ2v) is 6.88. The molecule has 1 aromatic heterocycles. The predicted octanol–water partition coefficient (Wildman–Crippen LogP) is 3.06. The lowest BCUT2D eigenvalue weighted by Gasteiger charge is -2.14. The highest BCUT2D eigenvalue weighted by Gasteiger charge is 2.35. The molecule has 0 spiro atoms. The van der Waals surface area contributed by atoms with Crippen LogP contribution in [0.5, 0.6) is 0 Å². The Hall–Kier alpha value is -3.87. The molecule has 0 bridgehead atoms. The molecule has 7 nitrogen and oxygen atoms in total. The third-order valence-electron chi connectivity index (χ3n) is 5.14. The smallest absolute Gasteiger partial charge is 0.326 e. The van der Waals surface area contributed by atoms with Crippen molar-refractivity contribution < 1.29 is 19.5 Å². The first-order valence-electron chi connectivity index (χ1n) is 9.14. The van der Waals surface area contributed by atoms with Crippen LogP contribution in [-0.2, 0) is 14.4 Å². The van der Waals surface area contributed by atoms with Gasteiger partial charge in [-0.1, -0.05) is 36.4 Å². The maximum Gasteiger partial charge on any atom is 0.326 e. The zero-order valence-electron chi connectivity index (χ0n) is 15.9. The fourth-order valence-corrected chi connectivity index (χ4v) is 3.67. The molecule has 146 valence electrons. The minimum atomic E-state index is -0.960. The number of para-hydroxylation sites is 2. The largest absolute Gasteiger partial charge is 0.480 e. The molecule has 1 fully saturated rings. The SMILES string of the molecule is Cc1c(/C=C2/C(=O)NN(c3ccccc3)C2=O)c2ccccc2n1[C@@H](C)C(=O)O. The van der Waals surface area contributed by atoms with Crippen LogP contribution in [0.25, 0.3) is 17.0 Å². The van der Waals surface area contributed by atoms with Crippen LogP contribution in [0.1, 0.15) is 24.2 Å². The highest BCUT2D eigenvalue weighted by molar-refractivity contribution is 6.32. The topological polar surface area (TPSA) is 91.6 Å². The number of amides is 2. The number of carbonyl (C=O) groups excluding carboxylic acids is 2. The fourth-order valence-electron chi connectivity index (χ4n) is 3.67. The first-order valence-corrected chi connectivity index (χ1v) is 9.14. The van der Waals surface area contributed by atoms with Gasteiger partial charge in [-0.05, 0) is 38.1 Å². The summed E-state index contributed by atoms with van der Waals surface area (Å²) < 4.78 is 1.70. The van der Waals surface area contributed by atoms with E-state index in [1.807, 2.05) is 30.3 Å². The van der Waals surface area contributed by atoms with Crippen LogP contribution in [0.4, 0.5) is 5.69 Å². The normalized spacial score (nSPS) is 16.5. The average molecular weight is 389 g/mol. The molecule has 1 aliphatic rings. The summed E-state index contributed by atoms with van der Waals surface area (Å²) in [6, 6.07) is 15.4. The van der Waals surface area contributed by atoms with E-state index in [0.717, 1.165) is 10.9 Å². The minimum absolute atomic E-state index is 0.00262. The lowest BCUT2D eigenvalue weighted by atomic mass is 10.1. The Morgan fingerprint density at radius 3 is 2.41 bits per heavy atom. The van der Waals surface area contributed by atoms with Crippen molar-refractivity contribution in [1.29, 1.82) is 0 Å². The minimum Gasteiger partial charge on any atom is -0.480 e. The summed E-state index contributed by atoms with van der Waals surface area (Å²) in [5.74, 6) is -1.91. The van der Waals surface area contributed by atoms with Crippen molar-refractivity contribution >= 4 is 40.4 Å². The number of aliphatic carboxylic acids is 1. The number of aromatic nitrogens is 1. The Labute approximate surface area is 166 Å². The van der Waals surface area contributed by atoms with Crippen LogP contribution in [0.3, 0.4) is 0 Å². The molecule has 1 aliphatic heterocycles. The van der Waals surface area contributed by atoms with Gasteiger partial charge < -0.3 is 9.67 Å². The number of hydrazine groups is 1. The molecule has 2 N–H and O–H groups in total. The summed E-state index contributed by atoms with van der Waals surface area (Å²) in [7, 11) is 0. The van der Waals surface area contributed by atoms with Crippen LogP contribution in [-0.4, -0.2) is 27.5 Å². The maximum atomic E-state index is 12.9. The quantitative estimate of drug-likeness (QED) is 0.530. The summed E-state index contributed by atoms with van der Waals surface area (Å²) in [6.45, 7) is 3.39. The summed E-state index contributed by atoms with van der Waals surface area (Å²) in [5.41, 5.74) is 5.21. The Bertz CT molecular complexity index is 1180. The lowest BCUT2D eigenvalue weighted by Crippen LogP contribution is -2.35. The zero-order valence-corrected chi connectivity index (χ0v) is 15.9. The van der Waals surface area contributed by atoms with E-state index in [9.17, 15) is 19.5 Å². The van der Waals surface area contributed by atoms with E-state index in [1.165, 1.54) is 5.01 Å². The molecule has 0 unspecified atom stereocenters. The number of nitrogens with zero attached hydrogens (tertiary/aromatic N) is 2. The number of carbonyl (C=O) groups is 3. The van der Waals surface area contributed by atoms with Gasteiger partial charge in [0.25, 0.3) is 11.8 Å². The van der Waals surface area contributed by atoms with Gasteiger partial charge in [-0.15, -0.1) is 0 Å². The zero-order chi connectivity index (χ0) is 20.7. The highest BCUT2D eigenvalue weighted by Crippen LogP contribution is 2.32. The summed E-state index contributed by atoms with van der Waals surface area (Å²) in [6.07, 6.45) is 1.54. The standard InChI is InChI=1S/C22H19N3O4/c1-13-17(16-10-6-7-11-19(16)24(13)14(2)22(28)29)12-18-20(26)23-25(21(18)27)15-8-4-3-5-9-15/h3-12,14H,1-2H3,(H,23,26)(H,28,29)/b18-12-/t14-/m0/s1. The number of hydrogen-bond donors (Lipinski definition) is 2. The molecule has 2 heterocycles. The van der Waals surface area contributed by atoms with Gasteiger partial charge in [-0.3, -0.25) is 15.0 Å². The summed E-state index contributed by atoms with van der Waals surface area (Å²) >= 11 is 0. The number of benzene rings is 2. The predicted molar refractivity (Wildman–Crippen MR) is 109 cm³/mol. The van der Waals surface area contributed by atoms with E-state index in [0.29, 0.717) is 16.9 Å². The number of rotatable bonds is 4. The number of fused-ring (bicyclic) bond motifs is 1. The van der Waals surface area contributed by atoms with E-state index in [4.69, 9.17) is 0 Å². The van der Waals surface area contributed by atoms with Gasteiger partial charge in [-0.2, -0.15) is 0 Å². The van der Waals surface area contributed by atoms with Crippen LogP contribution >= 0.6 is 0 Å². The molecule has 0 aliphatic carbocycles. The molecular formula is C22H19N3O4. The molecule has 7 heteroatoms. The van der Waals surface area contributed by atoms with E-state index in [1.54, 1.807) is 48.8 Å². The molecular weight excluding hydrogens is 370 g/mol. The molecule has 1 saturated heterocycles. The maximum absolute atomic E-state index is 12.9. The van der Waals surface area contributed by atoms with E-state index in [-0.39, 0.29) is 5.57 Å². The molecule has 29 heavy (non-hydrogen) atoms. The number of carboxylic acids is 1. The van der Waals surface area contributed by atoms with Gasteiger partial charge in [0.1, 0.15) is 11.6 Å². The lowest BCUT2D eigenvalue weighted by molar-refractivity contribution is -0.140. The number of carboxylic acid groups (broad SMARTS) is 1. The van der Waals surface area contributed by atoms with Crippen molar-refractivity contribution in [3.63, 3.8) is 0 Å². The van der Waals surface area contributed by atoms with E-state index >= 15 is 0 Å². The first kappa shape index (κ1) is 18.5. The molecule has 2 aromatic carbocycles. The Balaban J connectivity index is 1.85. The van der Waals surface area contributed by atoms with Gasteiger partial charge in [0.15, 0.2) is 0 Å². The Kier molecular flexibility index (Phi) is 4.43. The number of hydrogen-bond acceptors (Lipinski definition) is 3.